The number of aliphatic imine (C=N–C) groups is 1. The van der Waals surface area contributed by atoms with E-state index in [1.54, 1.807) is 0 Å². The van der Waals surface area contributed by atoms with Crippen LogP contribution in [0.4, 0.5) is 4.39 Å². The van der Waals surface area contributed by atoms with Gasteiger partial charge in [0.05, 0.1) is 26.4 Å². The SMILES string of the molecule is CN=C1C=CC(/C=C/c2ccc(OCCOCCOCCF)cc2)CC1. The monoisotopic (exact) mass is 361 g/mol. The highest BCUT2D eigenvalue weighted by Crippen LogP contribution is 2.19. The molecule has 4 nitrogen and oxygen atoms in total. The van der Waals surface area contributed by atoms with Gasteiger partial charge in [-0.3, -0.25) is 4.99 Å². The Labute approximate surface area is 155 Å². The number of allylic oxidation sites excluding steroid dienone is 3. The Hall–Kier alpha value is -1.98. The Morgan fingerprint density at radius 3 is 2.46 bits per heavy atom. The molecule has 0 N–H and O–H groups in total. The fraction of sp³-hybridized carbons (Fsp3) is 0.476. The Morgan fingerprint density at radius 1 is 1.08 bits per heavy atom. The van der Waals surface area contributed by atoms with Crippen LogP contribution in [0.25, 0.3) is 6.08 Å². The van der Waals surface area contributed by atoms with Crippen LogP contribution in [-0.4, -0.2) is 52.5 Å². The second-order valence-electron chi connectivity index (χ2n) is 5.97. The summed E-state index contributed by atoms with van der Waals surface area (Å²) in [5.41, 5.74) is 2.33. The maximum atomic E-state index is 11.8. The fourth-order valence-electron chi connectivity index (χ4n) is 2.58. The van der Waals surface area contributed by atoms with Gasteiger partial charge in [-0.05, 0) is 42.5 Å². The molecule has 1 aliphatic rings. The van der Waals surface area contributed by atoms with E-state index in [4.69, 9.17) is 14.2 Å². The highest BCUT2D eigenvalue weighted by atomic mass is 19.1. The molecule has 2 rings (SSSR count). The van der Waals surface area contributed by atoms with Crippen LogP contribution < -0.4 is 4.74 Å². The number of halogens is 1. The van der Waals surface area contributed by atoms with Gasteiger partial charge in [0.25, 0.3) is 0 Å². The van der Waals surface area contributed by atoms with E-state index in [1.165, 1.54) is 5.71 Å². The second-order valence-corrected chi connectivity index (χ2v) is 5.97. The molecule has 1 unspecified atom stereocenters. The van der Waals surface area contributed by atoms with Crippen LogP contribution in [-0.2, 0) is 9.47 Å². The zero-order valence-electron chi connectivity index (χ0n) is 15.4. The molecule has 0 aliphatic heterocycles. The summed E-state index contributed by atoms with van der Waals surface area (Å²) in [4.78, 5) is 4.23. The summed E-state index contributed by atoms with van der Waals surface area (Å²) in [6.07, 6.45) is 10.9. The minimum Gasteiger partial charge on any atom is -0.491 e. The molecule has 1 atom stereocenters. The molecule has 142 valence electrons. The Morgan fingerprint density at radius 2 is 1.81 bits per heavy atom. The van der Waals surface area contributed by atoms with E-state index in [0.717, 1.165) is 24.2 Å². The lowest BCUT2D eigenvalue weighted by molar-refractivity contribution is 0.0325. The molecule has 26 heavy (non-hydrogen) atoms. The molecule has 0 saturated heterocycles. The highest BCUT2D eigenvalue weighted by Gasteiger charge is 2.08. The molecular weight excluding hydrogens is 333 g/mol. The number of rotatable bonds is 11. The topological polar surface area (TPSA) is 40.0 Å². The fourth-order valence-corrected chi connectivity index (χ4v) is 2.58. The standard InChI is InChI=1S/C21H28FNO3/c1-23-20-8-4-18(5-9-20)2-3-19-6-10-21(11-7-19)26-17-16-25-15-14-24-13-12-22/h2-4,6-8,10-11,18H,5,9,12-17H2,1H3/b3-2+,23-20?. The molecule has 0 heterocycles. The van der Waals surface area contributed by atoms with Gasteiger partial charge in [-0.15, -0.1) is 0 Å². The number of benzene rings is 1. The molecule has 1 aromatic carbocycles. The van der Waals surface area contributed by atoms with Crippen LogP contribution >= 0.6 is 0 Å². The number of ether oxygens (including phenoxy) is 3. The third-order valence-electron chi connectivity index (χ3n) is 4.06. The van der Waals surface area contributed by atoms with Crippen LogP contribution in [0.1, 0.15) is 18.4 Å². The van der Waals surface area contributed by atoms with Crippen molar-refractivity contribution >= 4 is 11.8 Å². The smallest absolute Gasteiger partial charge is 0.119 e. The van der Waals surface area contributed by atoms with Crippen molar-refractivity contribution in [2.24, 2.45) is 10.9 Å². The number of alkyl halides is 1. The molecule has 0 amide bonds. The van der Waals surface area contributed by atoms with E-state index >= 15 is 0 Å². The van der Waals surface area contributed by atoms with Gasteiger partial charge >= 0.3 is 0 Å². The van der Waals surface area contributed by atoms with Crippen LogP contribution in [0.2, 0.25) is 0 Å². The number of hydrogen-bond donors (Lipinski definition) is 0. The molecule has 0 aromatic heterocycles. The van der Waals surface area contributed by atoms with Crippen molar-refractivity contribution < 1.29 is 18.6 Å². The largest absolute Gasteiger partial charge is 0.491 e. The Kier molecular flexibility index (Phi) is 9.69. The normalized spacial score (nSPS) is 18.7. The predicted molar refractivity (Wildman–Crippen MR) is 104 cm³/mol. The van der Waals surface area contributed by atoms with E-state index < -0.39 is 6.67 Å². The number of nitrogens with zero attached hydrogens (tertiary/aromatic N) is 1. The lowest BCUT2D eigenvalue weighted by Gasteiger charge is -2.13. The van der Waals surface area contributed by atoms with Crippen molar-refractivity contribution in [1.29, 1.82) is 0 Å². The summed E-state index contributed by atoms with van der Waals surface area (Å²) >= 11 is 0. The van der Waals surface area contributed by atoms with Gasteiger partial charge in [0.15, 0.2) is 0 Å². The first kappa shape index (κ1) is 20.3. The zero-order valence-corrected chi connectivity index (χ0v) is 15.4. The summed E-state index contributed by atoms with van der Waals surface area (Å²) in [5, 5.41) is 0. The lowest BCUT2D eigenvalue weighted by atomic mass is 9.94. The van der Waals surface area contributed by atoms with Gasteiger partial charge in [-0.1, -0.05) is 30.4 Å². The average molecular weight is 361 g/mol. The van der Waals surface area contributed by atoms with Crippen LogP contribution in [0.5, 0.6) is 5.75 Å². The quantitative estimate of drug-likeness (QED) is 0.557. The van der Waals surface area contributed by atoms with Gasteiger partial charge in [-0.25, -0.2) is 4.39 Å². The van der Waals surface area contributed by atoms with E-state index in [9.17, 15) is 4.39 Å². The minimum atomic E-state index is -0.458. The van der Waals surface area contributed by atoms with Gasteiger partial charge in [0, 0.05) is 12.8 Å². The lowest BCUT2D eigenvalue weighted by Crippen LogP contribution is -2.11. The van der Waals surface area contributed by atoms with Crippen LogP contribution in [0.15, 0.2) is 47.5 Å². The molecule has 0 saturated carbocycles. The van der Waals surface area contributed by atoms with Crippen molar-refractivity contribution in [3.05, 3.63) is 48.1 Å². The van der Waals surface area contributed by atoms with E-state index in [2.05, 4.69) is 29.3 Å². The van der Waals surface area contributed by atoms with Crippen LogP contribution in [0, 0.1) is 5.92 Å². The first-order valence-corrected chi connectivity index (χ1v) is 9.08. The third-order valence-corrected chi connectivity index (χ3v) is 4.06. The molecule has 1 aromatic rings. The maximum Gasteiger partial charge on any atom is 0.119 e. The molecule has 1 aliphatic carbocycles. The zero-order chi connectivity index (χ0) is 18.5. The summed E-state index contributed by atoms with van der Waals surface area (Å²) in [5.74, 6) is 1.29. The van der Waals surface area contributed by atoms with E-state index in [1.807, 2.05) is 31.3 Å². The van der Waals surface area contributed by atoms with Crippen LogP contribution in [0.3, 0.4) is 0 Å². The Bertz CT molecular complexity index is 596. The summed E-state index contributed by atoms with van der Waals surface area (Å²) in [7, 11) is 1.84. The van der Waals surface area contributed by atoms with Crippen molar-refractivity contribution in [2.45, 2.75) is 12.8 Å². The molecule has 0 bridgehead atoms. The van der Waals surface area contributed by atoms with Crippen molar-refractivity contribution in [1.82, 2.24) is 0 Å². The first-order valence-electron chi connectivity index (χ1n) is 9.08. The molecule has 0 radical (unpaired) electrons. The van der Waals surface area contributed by atoms with E-state index in [0.29, 0.717) is 32.3 Å². The average Bonchev–Trinajstić information content (AvgIpc) is 2.69. The summed E-state index contributed by atoms with van der Waals surface area (Å²) < 4.78 is 27.8. The van der Waals surface area contributed by atoms with Gasteiger partial charge in [0.2, 0.25) is 0 Å². The number of hydrogen-bond acceptors (Lipinski definition) is 4. The van der Waals surface area contributed by atoms with Gasteiger partial charge in [0.1, 0.15) is 19.0 Å². The maximum absolute atomic E-state index is 11.8. The first-order chi connectivity index (χ1) is 12.8. The third kappa shape index (κ3) is 7.93. The minimum absolute atomic E-state index is 0.131. The van der Waals surface area contributed by atoms with Crippen molar-refractivity contribution in [2.75, 3.05) is 46.8 Å². The highest BCUT2D eigenvalue weighted by molar-refractivity contribution is 5.95. The second kappa shape index (κ2) is 12.4. The predicted octanol–water partition coefficient (Wildman–Crippen LogP) is 4.12. The summed E-state index contributed by atoms with van der Waals surface area (Å²) in [6.45, 7) is 1.50. The van der Waals surface area contributed by atoms with Gasteiger partial charge in [-0.2, -0.15) is 0 Å². The molecular formula is C21H28FNO3. The molecule has 0 fully saturated rings. The van der Waals surface area contributed by atoms with Gasteiger partial charge < -0.3 is 14.2 Å². The van der Waals surface area contributed by atoms with Crippen molar-refractivity contribution in [3.63, 3.8) is 0 Å². The molecule has 0 spiro atoms. The van der Waals surface area contributed by atoms with Crippen molar-refractivity contribution in [3.8, 4) is 5.75 Å². The summed E-state index contributed by atoms with van der Waals surface area (Å²) in [6, 6.07) is 8.01. The van der Waals surface area contributed by atoms with E-state index in [-0.39, 0.29) is 6.61 Å². The Balaban J connectivity index is 1.64. The molecule has 5 heteroatoms.